The molecule has 0 spiro atoms. The average Bonchev–Trinajstić information content (AvgIpc) is 3.55. The number of urea groups is 1. The molecule has 1 fully saturated rings. The van der Waals surface area contributed by atoms with E-state index < -0.39 is 5.60 Å². The molecule has 0 saturated carbocycles. The number of carbonyl (C=O) groups excluding carboxylic acids is 2. The van der Waals surface area contributed by atoms with Gasteiger partial charge in [0.15, 0.2) is 5.65 Å². The zero-order valence-electron chi connectivity index (χ0n) is 24.0. The normalized spacial score (nSPS) is 17.3. The minimum absolute atomic E-state index is 0.0421. The summed E-state index contributed by atoms with van der Waals surface area (Å²) < 4.78 is 4.82. The van der Waals surface area contributed by atoms with Crippen LogP contribution in [-0.2, 0) is 14.9 Å². The molecule has 2 aromatic heterocycles. The SMILES string of the molecule is COC(=O)CCN(CCCNC(=O)Nc1ccc(C(C)(C)C)cc1)CC1(O)CCN(c2nc(Cl)nc3[nH]ncc23)C1. The number of benzene rings is 1. The number of β-amino-alcohol motifs (C(OH)–C–C–N with tert-alkyl or cyclic N) is 1. The molecule has 2 amide bonds. The second-order valence-electron chi connectivity index (χ2n) is 11.5. The molecule has 1 aliphatic heterocycles. The maximum absolute atomic E-state index is 12.4. The van der Waals surface area contributed by atoms with Crippen LogP contribution < -0.4 is 15.5 Å². The number of aromatic nitrogens is 4. The van der Waals surface area contributed by atoms with E-state index in [0.717, 1.165) is 11.1 Å². The van der Waals surface area contributed by atoms with Crippen molar-refractivity contribution >= 4 is 46.1 Å². The van der Waals surface area contributed by atoms with Gasteiger partial charge in [0, 0.05) is 38.4 Å². The summed E-state index contributed by atoms with van der Waals surface area (Å²) in [6.45, 7) is 9.12. The van der Waals surface area contributed by atoms with Crippen LogP contribution in [0, 0.1) is 0 Å². The molecule has 0 aliphatic carbocycles. The number of amides is 2. The van der Waals surface area contributed by atoms with Crippen molar-refractivity contribution in [2.45, 2.75) is 51.0 Å². The van der Waals surface area contributed by atoms with E-state index >= 15 is 0 Å². The van der Waals surface area contributed by atoms with Crippen molar-refractivity contribution in [3.05, 3.63) is 41.3 Å². The molecule has 222 valence electrons. The van der Waals surface area contributed by atoms with Gasteiger partial charge in [-0.15, -0.1) is 0 Å². The monoisotopic (exact) mass is 586 g/mol. The zero-order chi connectivity index (χ0) is 29.6. The third kappa shape index (κ3) is 8.27. The van der Waals surface area contributed by atoms with Gasteiger partial charge in [0.25, 0.3) is 0 Å². The standard InChI is InChI=1S/C28H39ClN8O4/c1-27(2,3)19-6-8-20(9-7-19)32-26(39)30-12-5-13-36(14-10-22(38)41-4)17-28(40)11-15-37(18-28)24-21-16-31-35-23(21)33-25(29)34-24/h6-9,16,40H,5,10-15,17-18H2,1-4H3,(H2,30,32,39)(H,31,33,34,35). The third-order valence-electron chi connectivity index (χ3n) is 7.22. The Morgan fingerprint density at radius 3 is 2.68 bits per heavy atom. The van der Waals surface area contributed by atoms with Gasteiger partial charge in [0.1, 0.15) is 5.82 Å². The van der Waals surface area contributed by atoms with Crippen LogP contribution in [0.5, 0.6) is 0 Å². The number of carbonyl (C=O) groups is 2. The number of H-pyrrole nitrogens is 1. The van der Waals surface area contributed by atoms with E-state index in [1.54, 1.807) is 6.20 Å². The van der Waals surface area contributed by atoms with Gasteiger partial charge in [-0.3, -0.25) is 14.8 Å². The maximum Gasteiger partial charge on any atom is 0.319 e. The molecule has 1 saturated heterocycles. The fourth-order valence-electron chi connectivity index (χ4n) is 4.97. The van der Waals surface area contributed by atoms with Crippen molar-refractivity contribution in [1.82, 2.24) is 30.4 Å². The van der Waals surface area contributed by atoms with Crippen molar-refractivity contribution in [1.29, 1.82) is 0 Å². The number of methoxy groups -OCH3 is 1. The number of esters is 1. The molecule has 3 aromatic rings. The number of aromatic amines is 1. The summed E-state index contributed by atoms with van der Waals surface area (Å²) in [4.78, 5) is 36.8. The van der Waals surface area contributed by atoms with Crippen LogP contribution in [0.25, 0.3) is 11.0 Å². The fourth-order valence-corrected chi connectivity index (χ4v) is 5.14. The van der Waals surface area contributed by atoms with Crippen LogP contribution in [0.1, 0.15) is 45.6 Å². The fraction of sp³-hybridized carbons (Fsp3) is 0.536. The summed E-state index contributed by atoms with van der Waals surface area (Å²) in [5, 5.41) is 24.9. The number of hydrogen-bond donors (Lipinski definition) is 4. The number of fused-ring (bicyclic) bond motifs is 1. The van der Waals surface area contributed by atoms with E-state index in [2.05, 4.69) is 51.6 Å². The number of aliphatic hydroxyl groups is 1. The zero-order valence-corrected chi connectivity index (χ0v) is 24.8. The Labute approximate surface area is 244 Å². The van der Waals surface area contributed by atoms with Crippen molar-refractivity contribution in [2.75, 3.05) is 56.6 Å². The second-order valence-corrected chi connectivity index (χ2v) is 11.8. The number of anilines is 2. The highest BCUT2D eigenvalue weighted by atomic mass is 35.5. The van der Waals surface area contributed by atoms with E-state index in [1.165, 1.54) is 12.7 Å². The minimum atomic E-state index is -1.03. The molecule has 13 heteroatoms. The van der Waals surface area contributed by atoms with Gasteiger partial charge < -0.3 is 25.4 Å². The van der Waals surface area contributed by atoms with Gasteiger partial charge in [-0.2, -0.15) is 15.1 Å². The summed E-state index contributed by atoms with van der Waals surface area (Å²) in [5.41, 5.74) is 1.46. The molecule has 3 heterocycles. The predicted molar refractivity (Wildman–Crippen MR) is 158 cm³/mol. The molecule has 0 radical (unpaired) electrons. The van der Waals surface area contributed by atoms with E-state index in [9.17, 15) is 14.7 Å². The topological polar surface area (TPSA) is 149 Å². The Morgan fingerprint density at radius 2 is 1.98 bits per heavy atom. The molecule has 1 unspecified atom stereocenters. The van der Waals surface area contributed by atoms with Crippen molar-refractivity contribution in [3.8, 4) is 0 Å². The second kappa shape index (κ2) is 13.0. The molecule has 1 atom stereocenters. The van der Waals surface area contributed by atoms with Crippen molar-refractivity contribution < 1.29 is 19.4 Å². The van der Waals surface area contributed by atoms with E-state index in [4.69, 9.17) is 16.3 Å². The molecule has 0 bridgehead atoms. The van der Waals surface area contributed by atoms with Gasteiger partial charge in [0.05, 0.1) is 30.7 Å². The molecule has 1 aliphatic rings. The predicted octanol–water partition coefficient (Wildman–Crippen LogP) is 3.32. The highest BCUT2D eigenvalue weighted by Crippen LogP contribution is 2.31. The van der Waals surface area contributed by atoms with Crippen LogP contribution in [0.2, 0.25) is 5.28 Å². The summed E-state index contributed by atoms with van der Waals surface area (Å²) >= 11 is 6.11. The molecular weight excluding hydrogens is 548 g/mol. The summed E-state index contributed by atoms with van der Waals surface area (Å²) in [6, 6.07) is 7.54. The molecule has 41 heavy (non-hydrogen) atoms. The number of nitrogens with zero attached hydrogens (tertiary/aromatic N) is 5. The van der Waals surface area contributed by atoms with Crippen molar-refractivity contribution in [2.24, 2.45) is 0 Å². The van der Waals surface area contributed by atoms with Crippen LogP contribution in [-0.4, -0.2) is 94.2 Å². The van der Waals surface area contributed by atoms with Gasteiger partial charge in [-0.1, -0.05) is 32.9 Å². The summed E-state index contributed by atoms with van der Waals surface area (Å²) in [6.07, 6.45) is 2.99. The summed E-state index contributed by atoms with van der Waals surface area (Å²) in [5.74, 6) is 0.303. The lowest BCUT2D eigenvalue weighted by molar-refractivity contribution is -0.141. The number of halogens is 1. The first-order valence-electron chi connectivity index (χ1n) is 13.7. The molecule has 12 nitrogen and oxygen atoms in total. The number of ether oxygens (including phenoxy) is 1. The Kier molecular flexibility index (Phi) is 9.67. The number of rotatable bonds is 11. The average molecular weight is 587 g/mol. The molecule has 4 N–H and O–H groups in total. The van der Waals surface area contributed by atoms with Crippen LogP contribution >= 0.6 is 11.6 Å². The quantitative estimate of drug-likeness (QED) is 0.151. The largest absolute Gasteiger partial charge is 0.469 e. The van der Waals surface area contributed by atoms with Crippen LogP contribution in [0.15, 0.2) is 30.5 Å². The molecule has 1 aromatic carbocycles. The minimum Gasteiger partial charge on any atom is -0.469 e. The van der Waals surface area contributed by atoms with Gasteiger partial charge in [-0.25, -0.2) is 4.79 Å². The van der Waals surface area contributed by atoms with Crippen molar-refractivity contribution in [3.63, 3.8) is 0 Å². The van der Waals surface area contributed by atoms with E-state index in [-0.39, 0.29) is 29.1 Å². The van der Waals surface area contributed by atoms with Crippen LogP contribution in [0.4, 0.5) is 16.3 Å². The van der Waals surface area contributed by atoms with Gasteiger partial charge in [-0.05, 0) is 54.1 Å². The lowest BCUT2D eigenvalue weighted by Gasteiger charge is -2.31. The number of hydrogen-bond acceptors (Lipinski definition) is 9. The van der Waals surface area contributed by atoms with Crippen LogP contribution in [0.3, 0.4) is 0 Å². The van der Waals surface area contributed by atoms with Gasteiger partial charge >= 0.3 is 12.0 Å². The Morgan fingerprint density at radius 1 is 1.22 bits per heavy atom. The summed E-state index contributed by atoms with van der Waals surface area (Å²) in [7, 11) is 1.36. The molecular formula is C28H39ClN8O4. The highest BCUT2D eigenvalue weighted by Gasteiger charge is 2.39. The van der Waals surface area contributed by atoms with E-state index in [0.29, 0.717) is 63.6 Å². The smallest absolute Gasteiger partial charge is 0.319 e. The van der Waals surface area contributed by atoms with E-state index in [1.807, 2.05) is 34.1 Å². The Balaban J connectivity index is 1.30. The first-order valence-corrected chi connectivity index (χ1v) is 14.1. The third-order valence-corrected chi connectivity index (χ3v) is 7.39. The highest BCUT2D eigenvalue weighted by molar-refractivity contribution is 6.28. The lowest BCUT2D eigenvalue weighted by atomic mass is 9.87. The first-order chi connectivity index (χ1) is 19.5. The Bertz CT molecular complexity index is 1340. The maximum atomic E-state index is 12.4. The Hall–Kier alpha value is -3.48. The number of nitrogens with one attached hydrogen (secondary N) is 3. The molecule has 4 rings (SSSR count). The van der Waals surface area contributed by atoms with Gasteiger partial charge in [0.2, 0.25) is 5.28 Å². The first kappa shape index (κ1) is 30.5. The lowest BCUT2D eigenvalue weighted by Crippen LogP contribution is -2.46.